The Morgan fingerprint density at radius 2 is 1.59 bits per heavy atom. The van der Waals surface area contributed by atoms with E-state index in [0.717, 1.165) is 79.3 Å². The van der Waals surface area contributed by atoms with Gasteiger partial charge in [-0.05, 0) is 28.3 Å². The number of ketones is 1. The van der Waals surface area contributed by atoms with E-state index in [1.807, 2.05) is 42.5 Å². The first-order valence-corrected chi connectivity index (χ1v) is 14.3. The van der Waals surface area contributed by atoms with E-state index in [9.17, 15) is 4.79 Å². The number of rotatable bonds is 6. The van der Waals surface area contributed by atoms with E-state index in [4.69, 9.17) is 9.26 Å². The summed E-state index contributed by atoms with van der Waals surface area (Å²) in [5.74, 6) is 0.682. The van der Waals surface area contributed by atoms with Crippen molar-refractivity contribution in [1.82, 2.24) is 10.1 Å². The number of carbonyl (C=O) groups is 1. The summed E-state index contributed by atoms with van der Waals surface area (Å²) in [7, 11) is 0. The molecule has 0 saturated carbocycles. The molecule has 41 heavy (non-hydrogen) atoms. The molecule has 4 aromatic carbocycles. The van der Waals surface area contributed by atoms with Crippen molar-refractivity contribution in [2.75, 3.05) is 36.4 Å². The fourth-order valence-electron chi connectivity index (χ4n) is 6.44. The highest BCUT2D eigenvalue weighted by atomic mass is 16.5. The molecule has 1 N–H and O–H groups in total. The summed E-state index contributed by atoms with van der Waals surface area (Å²) in [6.45, 7) is 6.61. The van der Waals surface area contributed by atoms with Crippen LogP contribution in [0, 0.1) is 0 Å². The second-order valence-corrected chi connectivity index (χ2v) is 11.1. The number of piperazine rings is 1. The molecule has 0 unspecified atom stereocenters. The molecule has 1 saturated heterocycles. The molecule has 0 spiro atoms. The summed E-state index contributed by atoms with van der Waals surface area (Å²) in [6.07, 6.45) is 0. The summed E-state index contributed by atoms with van der Waals surface area (Å²) in [6, 6.07) is 26.8. The Morgan fingerprint density at radius 1 is 0.805 bits per heavy atom. The predicted octanol–water partition coefficient (Wildman–Crippen LogP) is 6.00. The number of nitrogens with one attached hydrogen (secondary N) is 1. The van der Waals surface area contributed by atoms with Gasteiger partial charge in [0.25, 0.3) is 0 Å². The molecule has 204 valence electrons. The molecule has 3 aliphatic rings. The zero-order valence-electron chi connectivity index (χ0n) is 22.7. The molecule has 1 fully saturated rings. The SMILES string of the molecule is O=C1c2ccccc2-c2onc3c(N4CCN(Cc5ccc6c(c5)COC6)CC4)cc(NCc4ccccc4)c1c23. The number of carbonyl (C=O) groups excluding carboxylic acids is 1. The van der Waals surface area contributed by atoms with Crippen molar-refractivity contribution < 1.29 is 14.1 Å². The van der Waals surface area contributed by atoms with Crippen LogP contribution in [0.3, 0.4) is 0 Å². The Morgan fingerprint density at radius 3 is 2.44 bits per heavy atom. The average Bonchev–Trinajstić information content (AvgIpc) is 3.67. The topological polar surface area (TPSA) is 70.8 Å². The van der Waals surface area contributed by atoms with E-state index in [0.29, 0.717) is 23.4 Å². The number of anilines is 2. The van der Waals surface area contributed by atoms with Crippen molar-refractivity contribution in [3.05, 3.63) is 112 Å². The van der Waals surface area contributed by atoms with Crippen molar-refractivity contribution in [3.63, 3.8) is 0 Å². The van der Waals surface area contributed by atoms with Gasteiger partial charge in [0, 0.05) is 56.1 Å². The Hall–Kier alpha value is -4.46. The van der Waals surface area contributed by atoms with Crippen LogP contribution >= 0.6 is 0 Å². The lowest BCUT2D eigenvalue weighted by Crippen LogP contribution is -2.46. The maximum atomic E-state index is 13.9. The van der Waals surface area contributed by atoms with Gasteiger partial charge in [0.2, 0.25) is 0 Å². The molecular weight excluding hydrogens is 512 g/mol. The van der Waals surface area contributed by atoms with E-state index in [1.54, 1.807) is 0 Å². The molecule has 0 radical (unpaired) electrons. The number of nitrogens with zero attached hydrogens (tertiary/aromatic N) is 3. The molecule has 0 atom stereocenters. The molecule has 7 nitrogen and oxygen atoms in total. The molecule has 5 aromatic rings. The van der Waals surface area contributed by atoms with Crippen molar-refractivity contribution in [3.8, 4) is 11.3 Å². The van der Waals surface area contributed by atoms with Crippen molar-refractivity contribution in [1.29, 1.82) is 0 Å². The molecular formula is C34H30N4O3. The van der Waals surface area contributed by atoms with E-state index in [-0.39, 0.29) is 5.78 Å². The number of hydrogen-bond donors (Lipinski definition) is 1. The van der Waals surface area contributed by atoms with Gasteiger partial charge >= 0.3 is 0 Å². The Bertz CT molecular complexity index is 1790. The standard InChI is InChI=1S/C34H30N4O3/c39-33-26-8-4-5-9-27(26)34-31-30(33)28(35-18-22-6-2-1-3-7-22)17-29(32(31)36-41-34)38-14-12-37(13-15-38)19-23-10-11-24-20-40-21-25(24)16-23/h1-11,16-17,35H,12-15,18-21H2. The normalized spacial score (nSPS) is 16.2. The van der Waals surface area contributed by atoms with Crippen LogP contribution in [0.2, 0.25) is 0 Å². The molecule has 1 aliphatic carbocycles. The monoisotopic (exact) mass is 542 g/mol. The first-order valence-electron chi connectivity index (χ1n) is 14.3. The fourth-order valence-corrected chi connectivity index (χ4v) is 6.44. The van der Waals surface area contributed by atoms with Crippen molar-refractivity contribution >= 4 is 28.1 Å². The molecule has 1 aromatic heterocycles. The van der Waals surface area contributed by atoms with E-state index in [1.165, 1.54) is 16.7 Å². The highest BCUT2D eigenvalue weighted by molar-refractivity contribution is 6.28. The van der Waals surface area contributed by atoms with Crippen LogP contribution in [0.4, 0.5) is 11.4 Å². The average molecular weight is 543 g/mol. The van der Waals surface area contributed by atoms with Gasteiger partial charge in [-0.25, -0.2) is 0 Å². The van der Waals surface area contributed by atoms with Gasteiger partial charge in [-0.2, -0.15) is 0 Å². The number of benzene rings is 4. The maximum absolute atomic E-state index is 13.9. The van der Waals surface area contributed by atoms with Crippen molar-refractivity contribution in [2.24, 2.45) is 0 Å². The van der Waals surface area contributed by atoms with E-state index in [2.05, 4.69) is 56.7 Å². The molecule has 0 amide bonds. The quantitative estimate of drug-likeness (QED) is 0.277. The van der Waals surface area contributed by atoms with Gasteiger partial charge in [0.15, 0.2) is 11.5 Å². The summed E-state index contributed by atoms with van der Waals surface area (Å²) < 4.78 is 11.6. The van der Waals surface area contributed by atoms with Gasteiger partial charge in [-0.1, -0.05) is 78.0 Å². The lowest BCUT2D eigenvalue weighted by molar-refractivity contribution is 0.104. The van der Waals surface area contributed by atoms with Crippen LogP contribution in [-0.4, -0.2) is 42.0 Å². The molecule has 2 aliphatic heterocycles. The van der Waals surface area contributed by atoms with Crippen LogP contribution in [0.5, 0.6) is 0 Å². The number of fused-ring (bicyclic) bond motifs is 3. The minimum Gasteiger partial charge on any atom is -0.380 e. The third-order valence-corrected chi connectivity index (χ3v) is 8.61. The number of ether oxygens (including phenoxy) is 1. The van der Waals surface area contributed by atoms with Gasteiger partial charge in [0.1, 0.15) is 5.52 Å². The largest absolute Gasteiger partial charge is 0.380 e. The Balaban J connectivity index is 1.12. The van der Waals surface area contributed by atoms with Crippen LogP contribution in [0.15, 0.2) is 83.4 Å². The molecule has 3 heterocycles. The van der Waals surface area contributed by atoms with E-state index < -0.39 is 0 Å². The van der Waals surface area contributed by atoms with Gasteiger partial charge in [0.05, 0.1) is 29.9 Å². The number of aromatic nitrogens is 1. The third kappa shape index (κ3) is 4.20. The van der Waals surface area contributed by atoms with E-state index >= 15 is 0 Å². The molecule has 8 rings (SSSR count). The van der Waals surface area contributed by atoms with Crippen molar-refractivity contribution in [2.45, 2.75) is 26.3 Å². The smallest absolute Gasteiger partial charge is 0.196 e. The first-order chi connectivity index (χ1) is 20.2. The third-order valence-electron chi connectivity index (χ3n) is 8.61. The fraction of sp³-hybridized carbons (Fsp3) is 0.235. The van der Waals surface area contributed by atoms with Crippen LogP contribution in [0.1, 0.15) is 38.2 Å². The second-order valence-electron chi connectivity index (χ2n) is 11.1. The summed E-state index contributed by atoms with van der Waals surface area (Å²) >= 11 is 0. The lowest BCUT2D eigenvalue weighted by atomic mass is 9.86. The summed E-state index contributed by atoms with van der Waals surface area (Å²) in [5.41, 5.74) is 9.82. The lowest BCUT2D eigenvalue weighted by Gasteiger charge is -2.36. The summed E-state index contributed by atoms with van der Waals surface area (Å²) in [4.78, 5) is 18.8. The number of hydrogen-bond acceptors (Lipinski definition) is 7. The molecule has 0 bridgehead atoms. The minimum absolute atomic E-state index is 0.00739. The first kappa shape index (κ1) is 24.3. The Kier molecular flexibility index (Phi) is 5.86. The predicted molar refractivity (Wildman–Crippen MR) is 159 cm³/mol. The van der Waals surface area contributed by atoms with Crippen LogP contribution in [0.25, 0.3) is 22.2 Å². The zero-order chi connectivity index (χ0) is 27.3. The van der Waals surface area contributed by atoms with Gasteiger partial charge in [-0.3, -0.25) is 9.69 Å². The second kappa shape index (κ2) is 9.87. The van der Waals surface area contributed by atoms with Crippen LogP contribution < -0.4 is 10.2 Å². The molecule has 7 heteroatoms. The highest BCUT2D eigenvalue weighted by Crippen LogP contribution is 2.46. The minimum atomic E-state index is 0.00739. The summed E-state index contributed by atoms with van der Waals surface area (Å²) in [5, 5.41) is 8.95. The van der Waals surface area contributed by atoms with Gasteiger partial charge in [-0.15, -0.1) is 0 Å². The van der Waals surface area contributed by atoms with Crippen LogP contribution in [-0.2, 0) is 31.0 Å². The zero-order valence-corrected chi connectivity index (χ0v) is 22.7. The highest BCUT2D eigenvalue weighted by Gasteiger charge is 2.34. The van der Waals surface area contributed by atoms with Gasteiger partial charge < -0.3 is 19.5 Å². The maximum Gasteiger partial charge on any atom is 0.196 e. The Labute approximate surface area is 238 Å².